The van der Waals surface area contributed by atoms with Gasteiger partial charge in [-0.15, -0.1) is 0 Å². The fraction of sp³-hybridized carbons (Fsp3) is 0.893. The molecule has 3 unspecified atom stereocenters. The van der Waals surface area contributed by atoms with E-state index in [4.69, 9.17) is 23.4 Å². The van der Waals surface area contributed by atoms with Crippen molar-refractivity contribution in [2.24, 2.45) is 17.8 Å². The number of hydrogen-bond acceptors (Lipinski definition) is 12. The SMILES string of the molecule is CCCCOCC(CS)C(=O)[O][Sn]([CH2]CCC)([O]C(=O)C(CS)COCCCC)[O]C(=O)C(CS)COCCCC. The van der Waals surface area contributed by atoms with Crippen LogP contribution in [0, 0.1) is 17.8 Å². The molecule has 0 amide bonds. The molecule has 0 heterocycles. The van der Waals surface area contributed by atoms with Gasteiger partial charge in [0.15, 0.2) is 0 Å². The van der Waals surface area contributed by atoms with Gasteiger partial charge in [-0.2, -0.15) is 0 Å². The summed E-state index contributed by atoms with van der Waals surface area (Å²) in [5.74, 6) is -3.57. The summed E-state index contributed by atoms with van der Waals surface area (Å²) in [5, 5.41) is 0. The predicted molar refractivity (Wildman–Crippen MR) is 173 cm³/mol. The molecule has 0 N–H and O–H groups in total. The molecule has 242 valence electrons. The summed E-state index contributed by atoms with van der Waals surface area (Å²) in [6.07, 6.45) is 6.72. The van der Waals surface area contributed by atoms with Crippen LogP contribution in [-0.4, -0.2) is 94.4 Å². The van der Waals surface area contributed by atoms with Gasteiger partial charge in [0.1, 0.15) is 0 Å². The molecule has 0 saturated heterocycles. The molecule has 0 aliphatic carbocycles. The molecule has 0 bridgehead atoms. The molecule has 0 rings (SSSR count). The van der Waals surface area contributed by atoms with E-state index in [1.807, 2.05) is 27.7 Å². The van der Waals surface area contributed by atoms with Crippen molar-refractivity contribution in [3.8, 4) is 0 Å². The Morgan fingerprint density at radius 3 is 1.07 bits per heavy atom. The van der Waals surface area contributed by atoms with Crippen molar-refractivity contribution < 1.29 is 37.8 Å². The van der Waals surface area contributed by atoms with Crippen LogP contribution >= 0.6 is 37.9 Å². The van der Waals surface area contributed by atoms with Crippen LogP contribution < -0.4 is 0 Å². The first-order valence-electron chi connectivity index (χ1n) is 15.0. The van der Waals surface area contributed by atoms with Gasteiger partial charge in [0, 0.05) is 0 Å². The van der Waals surface area contributed by atoms with E-state index in [1.165, 1.54) is 0 Å². The molecule has 0 spiro atoms. The number of carbonyl (C=O) groups excluding carboxylic acids is 3. The summed E-state index contributed by atoms with van der Waals surface area (Å²) in [4.78, 5) is 40.2. The van der Waals surface area contributed by atoms with Crippen molar-refractivity contribution in [2.45, 2.75) is 83.5 Å². The molecule has 0 aliphatic heterocycles. The maximum atomic E-state index is 13.4. The number of unbranched alkanes of at least 4 members (excludes halogenated alkanes) is 4. The van der Waals surface area contributed by atoms with E-state index >= 15 is 0 Å². The van der Waals surface area contributed by atoms with Crippen LogP contribution in [0.5, 0.6) is 0 Å². The molecule has 13 heteroatoms. The summed E-state index contributed by atoms with van der Waals surface area (Å²) in [7, 11) is 0. The molecular formula is C28H54O9S3Sn. The van der Waals surface area contributed by atoms with Crippen molar-refractivity contribution in [3.05, 3.63) is 0 Å². The van der Waals surface area contributed by atoms with Crippen LogP contribution in [-0.2, 0) is 37.8 Å². The minimum absolute atomic E-state index is 0.106. The number of carbonyl (C=O) groups is 3. The fourth-order valence-electron chi connectivity index (χ4n) is 3.32. The Morgan fingerprint density at radius 2 is 0.829 bits per heavy atom. The molecule has 0 radical (unpaired) electrons. The van der Waals surface area contributed by atoms with Gasteiger partial charge < -0.3 is 0 Å². The third-order valence-electron chi connectivity index (χ3n) is 6.15. The van der Waals surface area contributed by atoms with Gasteiger partial charge in [-0.1, -0.05) is 0 Å². The van der Waals surface area contributed by atoms with Crippen molar-refractivity contribution in [3.63, 3.8) is 0 Å². The van der Waals surface area contributed by atoms with E-state index in [2.05, 4.69) is 37.9 Å². The Bertz CT molecular complexity index is 619. The zero-order valence-electron chi connectivity index (χ0n) is 25.5. The maximum absolute atomic E-state index is 13.4. The Labute approximate surface area is 269 Å². The monoisotopic (exact) mass is 750 g/mol. The molecule has 0 fully saturated rings. The number of ether oxygens (including phenoxy) is 3. The molecule has 0 aliphatic rings. The summed E-state index contributed by atoms with van der Waals surface area (Å²) >= 11 is 7.74. The summed E-state index contributed by atoms with van der Waals surface area (Å²) in [6, 6.07) is 0. The van der Waals surface area contributed by atoms with Crippen LogP contribution in [0.2, 0.25) is 4.44 Å². The normalized spacial score (nSPS) is 15.0. The summed E-state index contributed by atoms with van der Waals surface area (Å²) in [6.45, 7) is 9.94. The van der Waals surface area contributed by atoms with Crippen LogP contribution in [0.1, 0.15) is 79.1 Å². The average molecular weight is 750 g/mol. The standard InChI is InChI=1S/3C8H16O3S.C4H9.Sn/c3*1-2-3-4-11-5-7(6-12)8(9)10;1-3-4-2;/h3*7,12H,2-6H2,1H3,(H,9,10);1,3-4H2,2H3;/q;;;;+3/p-3. The molecule has 3 atom stereocenters. The first kappa shape index (κ1) is 41.1. The van der Waals surface area contributed by atoms with Crippen LogP contribution in [0.3, 0.4) is 0 Å². The van der Waals surface area contributed by atoms with Crippen LogP contribution in [0.25, 0.3) is 0 Å². The van der Waals surface area contributed by atoms with Crippen LogP contribution in [0.15, 0.2) is 0 Å². The zero-order valence-corrected chi connectivity index (χ0v) is 31.0. The van der Waals surface area contributed by atoms with Gasteiger partial charge in [0.05, 0.1) is 0 Å². The Hall–Kier alpha value is 0.139. The second kappa shape index (κ2) is 26.5. The van der Waals surface area contributed by atoms with Gasteiger partial charge >= 0.3 is 271 Å². The number of thiol groups is 3. The number of rotatable bonds is 27. The van der Waals surface area contributed by atoms with Gasteiger partial charge in [-0.05, 0) is 0 Å². The number of hydrogen-bond donors (Lipinski definition) is 3. The van der Waals surface area contributed by atoms with Gasteiger partial charge in [0.25, 0.3) is 0 Å². The third kappa shape index (κ3) is 18.5. The van der Waals surface area contributed by atoms with E-state index in [1.54, 1.807) is 0 Å². The van der Waals surface area contributed by atoms with E-state index in [-0.39, 0.29) is 41.5 Å². The first-order valence-corrected chi connectivity index (χ1v) is 22.4. The summed E-state index contributed by atoms with van der Waals surface area (Å²) in [5.41, 5.74) is 0. The van der Waals surface area contributed by atoms with E-state index < -0.39 is 55.3 Å². The topological polar surface area (TPSA) is 107 Å². The minimum atomic E-state index is -5.22. The van der Waals surface area contributed by atoms with E-state index in [0.29, 0.717) is 32.7 Å². The van der Waals surface area contributed by atoms with Crippen molar-refractivity contribution in [1.29, 1.82) is 0 Å². The molecule has 0 aromatic rings. The second-order valence-electron chi connectivity index (χ2n) is 9.97. The van der Waals surface area contributed by atoms with Crippen molar-refractivity contribution in [2.75, 3.05) is 56.9 Å². The van der Waals surface area contributed by atoms with Gasteiger partial charge in [0.2, 0.25) is 0 Å². The zero-order chi connectivity index (χ0) is 30.9. The van der Waals surface area contributed by atoms with E-state index in [9.17, 15) is 14.4 Å². The molecule has 0 aromatic carbocycles. The third-order valence-corrected chi connectivity index (χ3v) is 14.6. The molecule has 41 heavy (non-hydrogen) atoms. The molecule has 0 saturated carbocycles. The Balaban J connectivity index is 6.04. The quantitative estimate of drug-likeness (QED) is 0.0576. The summed E-state index contributed by atoms with van der Waals surface area (Å²) < 4.78 is 35.1. The fourth-order valence-corrected chi connectivity index (χ4v) is 11.6. The van der Waals surface area contributed by atoms with Crippen molar-refractivity contribution in [1.82, 2.24) is 0 Å². The van der Waals surface area contributed by atoms with Crippen LogP contribution in [0.4, 0.5) is 0 Å². The second-order valence-corrected chi connectivity index (χ2v) is 18.1. The van der Waals surface area contributed by atoms with E-state index in [0.717, 1.165) is 38.5 Å². The van der Waals surface area contributed by atoms with Gasteiger partial charge in [-0.25, -0.2) is 0 Å². The molecule has 9 nitrogen and oxygen atoms in total. The first-order chi connectivity index (χ1) is 19.8. The Morgan fingerprint density at radius 1 is 0.537 bits per heavy atom. The molecule has 0 aromatic heterocycles. The Kier molecular flexibility index (Phi) is 26.6. The van der Waals surface area contributed by atoms with Gasteiger partial charge in [-0.3, -0.25) is 0 Å². The van der Waals surface area contributed by atoms with Crippen molar-refractivity contribution >= 4 is 75.4 Å². The molecular weight excluding hydrogens is 695 g/mol. The predicted octanol–water partition coefficient (Wildman–Crippen LogP) is 5.44. The average Bonchev–Trinajstić information content (AvgIpc) is 2.96.